The molecule has 0 saturated heterocycles. The van der Waals surface area contributed by atoms with Crippen LogP contribution in [-0.4, -0.2) is 28.8 Å². The van der Waals surface area contributed by atoms with Crippen LogP contribution < -0.4 is 9.47 Å². The summed E-state index contributed by atoms with van der Waals surface area (Å²) in [7, 11) is 0. The van der Waals surface area contributed by atoms with Gasteiger partial charge in [0.05, 0.1) is 0 Å². The molecule has 1 atom stereocenters. The summed E-state index contributed by atoms with van der Waals surface area (Å²) >= 11 is 0. The summed E-state index contributed by atoms with van der Waals surface area (Å²) in [6.45, 7) is 1.05. The summed E-state index contributed by atoms with van der Waals surface area (Å²) < 4.78 is 24.1. The predicted molar refractivity (Wildman–Crippen MR) is 90.6 cm³/mol. The Balaban J connectivity index is 0.00000182. The Bertz CT molecular complexity index is 814. The van der Waals surface area contributed by atoms with Crippen LogP contribution in [0.2, 0.25) is 0 Å². The van der Waals surface area contributed by atoms with Crippen LogP contribution in [0.5, 0.6) is 11.5 Å². The largest absolute Gasteiger partial charge is 0.480 e. The average molecular weight is 366 g/mol. The third kappa shape index (κ3) is 3.41. The van der Waals surface area contributed by atoms with Crippen molar-refractivity contribution >= 4 is 18.4 Å². The molecule has 2 aromatic rings. The maximum atomic E-state index is 13.5. The van der Waals surface area contributed by atoms with Gasteiger partial charge in [-0.2, -0.15) is 0 Å². The molecule has 0 aromatic heterocycles. The zero-order valence-corrected chi connectivity index (χ0v) is 14.1. The second-order valence-electron chi connectivity index (χ2n) is 6.06. The number of carboxylic acids is 1. The Labute approximate surface area is 150 Å². The van der Waals surface area contributed by atoms with E-state index < -0.39 is 12.0 Å². The van der Waals surface area contributed by atoms with Crippen LogP contribution in [-0.2, 0) is 24.3 Å². The van der Waals surface area contributed by atoms with Crippen molar-refractivity contribution in [1.29, 1.82) is 0 Å². The van der Waals surface area contributed by atoms with Gasteiger partial charge in [0.25, 0.3) is 0 Å². The van der Waals surface area contributed by atoms with Crippen LogP contribution in [0.25, 0.3) is 0 Å². The van der Waals surface area contributed by atoms with Crippen molar-refractivity contribution in [3.63, 3.8) is 0 Å². The Morgan fingerprint density at radius 2 is 1.96 bits per heavy atom. The minimum Gasteiger partial charge on any atom is -0.480 e. The molecule has 1 unspecified atom stereocenters. The molecule has 0 bridgehead atoms. The van der Waals surface area contributed by atoms with Crippen LogP contribution in [0, 0.1) is 5.82 Å². The standard InChI is InChI=1S/C18H16FNO4.ClH/c19-14-3-2-12-7-15(18(21)22)20(9-13(12)6-14)8-11-1-4-16-17(5-11)24-10-23-16;/h1-6,15H,7-10H2,(H,21,22);1H. The van der Waals surface area contributed by atoms with Gasteiger partial charge in [-0.05, 0) is 47.4 Å². The van der Waals surface area contributed by atoms with Crippen molar-refractivity contribution in [3.05, 3.63) is 58.9 Å². The van der Waals surface area contributed by atoms with Crippen molar-refractivity contribution in [3.8, 4) is 11.5 Å². The van der Waals surface area contributed by atoms with Gasteiger partial charge in [0, 0.05) is 13.1 Å². The highest BCUT2D eigenvalue weighted by molar-refractivity contribution is 5.85. The second kappa shape index (κ2) is 6.90. The van der Waals surface area contributed by atoms with E-state index in [0.717, 1.165) is 16.7 Å². The number of benzene rings is 2. The second-order valence-corrected chi connectivity index (χ2v) is 6.06. The van der Waals surface area contributed by atoms with E-state index in [0.29, 0.717) is 31.0 Å². The number of hydrogen-bond acceptors (Lipinski definition) is 4. The Morgan fingerprint density at radius 3 is 2.76 bits per heavy atom. The number of fused-ring (bicyclic) bond motifs is 2. The minimum absolute atomic E-state index is 0. The van der Waals surface area contributed by atoms with E-state index >= 15 is 0 Å². The van der Waals surface area contributed by atoms with Gasteiger partial charge in [0.1, 0.15) is 11.9 Å². The third-order valence-corrected chi connectivity index (χ3v) is 4.50. The molecule has 2 aromatic carbocycles. The summed E-state index contributed by atoms with van der Waals surface area (Å²) in [4.78, 5) is 13.5. The average Bonchev–Trinajstić information content (AvgIpc) is 3.01. The maximum absolute atomic E-state index is 13.5. The van der Waals surface area contributed by atoms with E-state index in [4.69, 9.17) is 9.47 Å². The number of carboxylic acid groups (broad SMARTS) is 1. The van der Waals surface area contributed by atoms with Crippen molar-refractivity contribution in [1.82, 2.24) is 4.90 Å². The van der Waals surface area contributed by atoms with E-state index in [1.807, 2.05) is 23.1 Å². The Hall–Kier alpha value is -2.31. The van der Waals surface area contributed by atoms with Crippen LogP contribution in [0.1, 0.15) is 16.7 Å². The van der Waals surface area contributed by atoms with Crippen molar-refractivity contribution < 1.29 is 23.8 Å². The molecule has 0 spiro atoms. The van der Waals surface area contributed by atoms with E-state index in [1.165, 1.54) is 12.1 Å². The lowest BCUT2D eigenvalue weighted by molar-refractivity contribution is -0.144. The monoisotopic (exact) mass is 365 g/mol. The van der Waals surface area contributed by atoms with Crippen LogP contribution in [0.4, 0.5) is 4.39 Å². The zero-order chi connectivity index (χ0) is 16.7. The van der Waals surface area contributed by atoms with E-state index in [9.17, 15) is 14.3 Å². The van der Waals surface area contributed by atoms with Gasteiger partial charge in [-0.15, -0.1) is 12.4 Å². The lowest BCUT2D eigenvalue weighted by Crippen LogP contribution is -2.45. The molecule has 0 amide bonds. The first-order valence-corrected chi connectivity index (χ1v) is 7.73. The summed E-state index contributed by atoms with van der Waals surface area (Å²) in [6, 6.07) is 9.50. The molecule has 2 heterocycles. The lowest BCUT2D eigenvalue weighted by Gasteiger charge is -2.34. The SMILES string of the molecule is Cl.O=C(O)C1Cc2ccc(F)cc2CN1Cc1ccc2c(c1)OCO2. The first-order valence-electron chi connectivity index (χ1n) is 7.73. The van der Waals surface area contributed by atoms with Gasteiger partial charge >= 0.3 is 5.97 Å². The van der Waals surface area contributed by atoms with Gasteiger partial charge < -0.3 is 14.6 Å². The Morgan fingerprint density at radius 1 is 1.16 bits per heavy atom. The zero-order valence-electron chi connectivity index (χ0n) is 13.3. The van der Waals surface area contributed by atoms with Crippen LogP contribution >= 0.6 is 12.4 Å². The maximum Gasteiger partial charge on any atom is 0.321 e. The number of aliphatic carboxylic acids is 1. The number of halogens is 2. The van der Waals surface area contributed by atoms with E-state index in [2.05, 4.69) is 0 Å². The number of rotatable bonds is 3. The summed E-state index contributed by atoms with van der Waals surface area (Å²) in [5, 5.41) is 9.56. The quantitative estimate of drug-likeness (QED) is 0.906. The molecule has 25 heavy (non-hydrogen) atoms. The number of hydrogen-bond donors (Lipinski definition) is 1. The minimum atomic E-state index is -0.870. The number of carbonyl (C=O) groups is 1. The fourth-order valence-electron chi connectivity index (χ4n) is 3.29. The molecule has 2 aliphatic heterocycles. The molecule has 7 heteroatoms. The molecule has 0 radical (unpaired) electrons. The van der Waals surface area contributed by atoms with Gasteiger partial charge in [0.2, 0.25) is 6.79 Å². The molecule has 2 aliphatic rings. The molecule has 0 aliphatic carbocycles. The molecule has 132 valence electrons. The van der Waals surface area contributed by atoms with Crippen LogP contribution in [0.3, 0.4) is 0 Å². The highest BCUT2D eigenvalue weighted by atomic mass is 35.5. The fourth-order valence-corrected chi connectivity index (χ4v) is 3.29. The Kier molecular flexibility index (Phi) is 4.83. The first-order chi connectivity index (χ1) is 11.6. The highest BCUT2D eigenvalue weighted by Gasteiger charge is 2.31. The van der Waals surface area contributed by atoms with E-state index in [1.54, 1.807) is 6.07 Å². The van der Waals surface area contributed by atoms with Crippen molar-refractivity contribution in [2.45, 2.75) is 25.6 Å². The molecule has 5 nitrogen and oxygen atoms in total. The third-order valence-electron chi connectivity index (χ3n) is 4.50. The molecule has 4 rings (SSSR count). The molecular formula is C18H17ClFNO4. The van der Waals surface area contributed by atoms with Crippen molar-refractivity contribution in [2.75, 3.05) is 6.79 Å². The summed E-state index contributed by atoms with van der Waals surface area (Å²) in [5.41, 5.74) is 2.67. The smallest absolute Gasteiger partial charge is 0.321 e. The van der Waals surface area contributed by atoms with Gasteiger partial charge in [-0.25, -0.2) is 4.39 Å². The highest BCUT2D eigenvalue weighted by Crippen LogP contribution is 2.34. The molecule has 0 saturated carbocycles. The first kappa shape index (κ1) is 17.5. The summed E-state index contributed by atoms with van der Waals surface area (Å²) in [6.07, 6.45) is 0.371. The van der Waals surface area contributed by atoms with E-state index in [-0.39, 0.29) is 25.0 Å². The normalized spacial score (nSPS) is 18.4. The van der Waals surface area contributed by atoms with Gasteiger partial charge in [-0.1, -0.05) is 12.1 Å². The lowest BCUT2D eigenvalue weighted by atomic mass is 9.93. The number of ether oxygens (including phenoxy) is 2. The van der Waals surface area contributed by atoms with Crippen LogP contribution in [0.15, 0.2) is 36.4 Å². The molecule has 0 fully saturated rings. The molecular weight excluding hydrogens is 349 g/mol. The predicted octanol–water partition coefficient (Wildman–Crippen LogP) is 2.99. The molecule has 1 N–H and O–H groups in total. The summed E-state index contributed by atoms with van der Waals surface area (Å²) in [5.74, 6) is 0.193. The van der Waals surface area contributed by atoms with Gasteiger partial charge in [0.15, 0.2) is 11.5 Å². The number of nitrogens with zero attached hydrogens (tertiary/aromatic N) is 1. The fraction of sp³-hybridized carbons (Fsp3) is 0.278. The van der Waals surface area contributed by atoms with Gasteiger partial charge in [-0.3, -0.25) is 9.69 Å². The topological polar surface area (TPSA) is 59.0 Å². The van der Waals surface area contributed by atoms with Crippen molar-refractivity contribution in [2.24, 2.45) is 0 Å².